The first-order valence-corrected chi connectivity index (χ1v) is 7.68. The van der Waals surface area contributed by atoms with E-state index in [0.29, 0.717) is 0 Å². The van der Waals surface area contributed by atoms with Gasteiger partial charge in [-0.15, -0.1) is 0 Å². The molecule has 0 unspecified atom stereocenters. The Morgan fingerprint density at radius 1 is 1.04 bits per heavy atom. The lowest BCUT2D eigenvalue weighted by molar-refractivity contribution is -0.383. The molecule has 2 aromatic carbocycles. The standard InChI is InChI=1S/C18H17N5O2/c1-13-8-10-14(11-9-13)21-17-16(23(24)25)18(20-12-19-17)22(2)15-6-4-3-5-7-15/h3-12H,1-2H3,(H,19,20,21). The van der Waals surface area contributed by atoms with Crippen LogP contribution in [0.5, 0.6) is 0 Å². The van der Waals surface area contributed by atoms with Gasteiger partial charge in [0.25, 0.3) is 0 Å². The summed E-state index contributed by atoms with van der Waals surface area (Å²) >= 11 is 0. The average molecular weight is 335 g/mol. The van der Waals surface area contributed by atoms with Crippen LogP contribution >= 0.6 is 0 Å². The van der Waals surface area contributed by atoms with Crippen molar-refractivity contribution in [2.75, 3.05) is 17.3 Å². The fourth-order valence-electron chi connectivity index (χ4n) is 2.42. The van der Waals surface area contributed by atoms with Gasteiger partial charge in [-0.25, -0.2) is 9.97 Å². The summed E-state index contributed by atoms with van der Waals surface area (Å²) in [6.45, 7) is 1.98. The number of hydrogen-bond donors (Lipinski definition) is 1. The summed E-state index contributed by atoms with van der Waals surface area (Å²) in [5.74, 6) is 0.377. The van der Waals surface area contributed by atoms with E-state index in [-0.39, 0.29) is 17.3 Å². The van der Waals surface area contributed by atoms with Gasteiger partial charge in [0.2, 0.25) is 11.6 Å². The Balaban J connectivity index is 2.02. The highest BCUT2D eigenvalue weighted by molar-refractivity contribution is 5.77. The van der Waals surface area contributed by atoms with Gasteiger partial charge in [-0.2, -0.15) is 0 Å². The Kier molecular flexibility index (Phi) is 4.56. The molecule has 7 nitrogen and oxygen atoms in total. The first-order valence-electron chi connectivity index (χ1n) is 7.68. The zero-order valence-electron chi connectivity index (χ0n) is 13.9. The van der Waals surface area contributed by atoms with Crippen molar-refractivity contribution in [1.29, 1.82) is 0 Å². The number of aromatic nitrogens is 2. The Morgan fingerprint density at radius 2 is 1.72 bits per heavy atom. The van der Waals surface area contributed by atoms with Crippen LogP contribution in [0.4, 0.5) is 28.7 Å². The van der Waals surface area contributed by atoms with Crippen LogP contribution in [0.15, 0.2) is 60.9 Å². The molecule has 0 saturated carbocycles. The summed E-state index contributed by atoms with van der Waals surface area (Å²) in [4.78, 5) is 21.1. The Morgan fingerprint density at radius 3 is 2.36 bits per heavy atom. The minimum Gasteiger partial charge on any atom is -0.334 e. The summed E-state index contributed by atoms with van der Waals surface area (Å²) in [6, 6.07) is 16.9. The fraction of sp³-hybridized carbons (Fsp3) is 0.111. The van der Waals surface area contributed by atoms with Crippen molar-refractivity contribution in [3.8, 4) is 0 Å². The molecule has 7 heteroatoms. The molecule has 0 fully saturated rings. The van der Waals surface area contributed by atoms with Crippen LogP contribution in [0, 0.1) is 17.0 Å². The zero-order valence-corrected chi connectivity index (χ0v) is 13.9. The third-order valence-electron chi connectivity index (χ3n) is 3.76. The van der Waals surface area contributed by atoms with E-state index in [1.165, 1.54) is 6.33 Å². The summed E-state index contributed by atoms with van der Waals surface area (Å²) < 4.78 is 0. The number of para-hydroxylation sites is 1. The predicted molar refractivity (Wildman–Crippen MR) is 97.7 cm³/mol. The van der Waals surface area contributed by atoms with E-state index in [1.807, 2.05) is 61.5 Å². The van der Waals surface area contributed by atoms with Crippen LogP contribution in [-0.4, -0.2) is 21.9 Å². The number of benzene rings is 2. The van der Waals surface area contributed by atoms with Crippen LogP contribution < -0.4 is 10.2 Å². The largest absolute Gasteiger partial charge is 0.354 e. The topological polar surface area (TPSA) is 84.2 Å². The molecular formula is C18H17N5O2. The molecule has 1 aromatic heterocycles. The minimum atomic E-state index is -0.467. The van der Waals surface area contributed by atoms with E-state index in [0.717, 1.165) is 16.9 Å². The Bertz CT molecular complexity index is 882. The third kappa shape index (κ3) is 3.55. The number of hydrogen-bond acceptors (Lipinski definition) is 6. The third-order valence-corrected chi connectivity index (χ3v) is 3.76. The van der Waals surface area contributed by atoms with Gasteiger partial charge in [-0.3, -0.25) is 10.1 Å². The number of nitro groups is 1. The van der Waals surface area contributed by atoms with Crippen molar-refractivity contribution >= 4 is 28.7 Å². The molecule has 1 N–H and O–H groups in total. The SMILES string of the molecule is Cc1ccc(Nc2ncnc(N(C)c3ccccc3)c2[N+](=O)[O-])cc1. The molecule has 1 heterocycles. The second-order valence-corrected chi connectivity index (χ2v) is 5.54. The first-order chi connectivity index (χ1) is 12.1. The van der Waals surface area contributed by atoms with E-state index in [2.05, 4.69) is 15.3 Å². The highest BCUT2D eigenvalue weighted by Gasteiger charge is 2.26. The van der Waals surface area contributed by atoms with Crippen molar-refractivity contribution in [3.63, 3.8) is 0 Å². The molecule has 0 spiro atoms. The quantitative estimate of drug-likeness (QED) is 0.555. The first kappa shape index (κ1) is 16.4. The van der Waals surface area contributed by atoms with Gasteiger partial charge in [0.1, 0.15) is 6.33 Å². The number of rotatable bonds is 5. The monoisotopic (exact) mass is 335 g/mol. The lowest BCUT2D eigenvalue weighted by Crippen LogP contribution is -2.15. The molecule has 25 heavy (non-hydrogen) atoms. The maximum Gasteiger partial charge on any atom is 0.354 e. The Labute approximate surface area is 145 Å². The van der Waals surface area contributed by atoms with Crippen molar-refractivity contribution in [2.24, 2.45) is 0 Å². The molecular weight excluding hydrogens is 318 g/mol. The number of anilines is 4. The van der Waals surface area contributed by atoms with Crippen LogP contribution in [0.1, 0.15) is 5.56 Å². The lowest BCUT2D eigenvalue weighted by atomic mass is 10.2. The highest BCUT2D eigenvalue weighted by atomic mass is 16.6. The fourth-order valence-corrected chi connectivity index (χ4v) is 2.42. The van der Waals surface area contributed by atoms with Crippen LogP contribution in [0.25, 0.3) is 0 Å². The van der Waals surface area contributed by atoms with E-state index in [9.17, 15) is 10.1 Å². The van der Waals surface area contributed by atoms with E-state index in [4.69, 9.17) is 0 Å². The number of aryl methyl sites for hydroxylation is 1. The molecule has 0 aliphatic rings. The van der Waals surface area contributed by atoms with E-state index in [1.54, 1.807) is 11.9 Å². The molecule has 0 aliphatic heterocycles. The number of nitrogens with zero attached hydrogens (tertiary/aromatic N) is 4. The zero-order chi connectivity index (χ0) is 17.8. The van der Waals surface area contributed by atoms with Crippen molar-refractivity contribution in [2.45, 2.75) is 6.92 Å². The van der Waals surface area contributed by atoms with Crippen molar-refractivity contribution in [1.82, 2.24) is 9.97 Å². The maximum absolute atomic E-state index is 11.7. The second kappa shape index (κ2) is 6.96. The van der Waals surface area contributed by atoms with Crippen molar-refractivity contribution in [3.05, 3.63) is 76.6 Å². The van der Waals surface area contributed by atoms with Crippen LogP contribution in [-0.2, 0) is 0 Å². The summed E-state index contributed by atoms with van der Waals surface area (Å²) in [5.41, 5.74) is 2.45. The molecule has 3 rings (SSSR count). The molecule has 0 radical (unpaired) electrons. The lowest BCUT2D eigenvalue weighted by Gasteiger charge is -2.18. The molecule has 3 aromatic rings. The molecule has 126 valence electrons. The van der Waals surface area contributed by atoms with Crippen LogP contribution in [0.2, 0.25) is 0 Å². The summed E-state index contributed by atoms with van der Waals surface area (Å²) in [7, 11) is 1.74. The summed E-state index contributed by atoms with van der Waals surface area (Å²) in [5, 5.41) is 14.7. The Hall–Kier alpha value is -3.48. The van der Waals surface area contributed by atoms with Gasteiger partial charge in [-0.05, 0) is 31.2 Å². The summed E-state index contributed by atoms with van der Waals surface area (Å²) in [6.07, 6.45) is 1.32. The van der Waals surface area contributed by atoms with Crippen molar-refractivity contribution < 1.29 is 4.92 Å². The van der Waals surface area contributed by atoms with Crippen LogP contribution in [0.3, 0.4) is 0 Å². The van der Waals surface area contributed by atoms with Gasteiger partial charge in [-0.1, -0.05) is 35.9 Å². The molecule has 0 bridgehead atoms. The molecule has 0 atom stereocenters. The normalized spacial score (nSPS) is 10.3. The second-order valence-electron chi connectivity index (χ2n) is 5.54. The average Bonchev–Trinajstić information content (AvgIpc) is 2.63. The molecule has 0 amide bonds. The van der Waals surface area contributed by atoms with E-state index < -0.39 is 4.92 Å². The predicted octanol–water partition coefficient (Wildman–Crippen LogP) is 4.20. The van der Waals surface area contributed by atoms with Gasteiger partial charge in [0.05, 0.1) is 4.92 Å². The number of nitrogens with one attached hydrogen (secondary N) is 1. The molecule has 0 aliphatic carbocycles. The molecule has 0 saturated heterocycles. The maximum atomic E-state index is 11.7. The van der Waals surface area contributed by atoms with Gasteiger partial charge >= 0.3 is 5.69 Å². The van der Waals surface area contributed by atoms with Gasteiger partial charge < -0.3 is 10.2 Å². The van der Waals surface area contributed by atoms with E-state index >= 15 is 0 Å². The smallest absolute Gasteiger partial charge is 0.334 e. The minimum absolute atomic E-state index is 0.154. The highest BCUT2D eigenvalue weighted by Crippen LogP contribution is 2.35. The van der Waals surface area contributed by atoms with Gasteiger partial charge in [0.15, 0.2) is 0 Å². The van der Waals surface area contributed by atoms with Gasteiger partial charge in [0, 0.05) is 18.4 Å².